The van der Waals surface area contributed by atoms with E-state index in [4.69, 9.17) is 11.1 Å². The molecule has 148 valence electrons. The second-order valence-electron chi connectivity index (χ2n) is 6.18. The number of hydrogen-bond acceptors (Lipinski definition) is 5. The van der Waals surface area contributed by atoms with Crippen molar-refractivity contribution in [3.05, 3.63) is 65.7 Å². The molecule has 8 nitrogen and oxygen atoms in total. The number of nitrogens with one attached hydrogen (secondary N) is 4. The molecule has 0 bridgehead atoms. The molecule has 0 aromatic heterocycles. The molecule has 2 aromatic rings. The Balaban J connectivity index is 1.77. The number of hydrogen-bond donors (Lipinski definition) is 6. The molecule has 0 saturated carbocycles. The van der Waals surface area contributed by atoms with Gasteiger partial charge in [0.2, 0.25) is 11.8 Å². The van der Waals surface area contributed by atoms with Crippen LogP contribution in [0.15, 0.2) is 54.6 Å². The second-order valence-corrected chi connectivity index (χ2v) is 6.18. The van der Waals surface area contributed by atoms with Gasteiger partial charge in [-0.1, -0.05) is 42.5 Å². The van der Waals surface area contributed by atoms with E-state index in [0.717, 1.165) is 5.56 Å². The van der Waals surface area contributed by atoms with Crippen molar-refractivity contribution >= 4 is 23.3 Å². The molecular weight excluding hydrogens is 358 g/mol. The summed E-state index contributed by atoms with van der Waals surface area (Å²) in [6, 6.07) is 15.5. The number of carbonyl (C=O) groups excluding carboxylic acids is 2. The number of benzene rings is 2. The summed E-state index contributed by atoms with van der Waals surface area (Å²) in [6.45, 7) is -0.163. The van der Waals surface area contributed by atoms with Crippen LogP contribution in [-0.2, 0) is 16.0 Å². The number of amides is 2. The monoisotopic (exact) mass is 383 g/mol. The lowest BCUT2D eigenvalue weighted by molar-refractivity contribution is -0.127. The summed E-state index contributed by atoms with van der Waals surface area (Å²) in [4.78, 5) is 24.1. The largest absolute Gasteiger partial charge is 0.394 e. The molecule has 28 heavy (non-hydrogen) atoms. The van der Waals surface area contributed by atoms with Crippen molar-refractivity contribution in [1.29, 1.82) is 5.41 Å². The van der Waals surface area contributed by atoms with Crippen molar-refractivity contribution in [2.45, 2.75) is 12.5 Å². The molecule has 0 radical (unpaired) electrons. The normalized spacial score (nSPS) is 11.3. The number of amidine groups is 1. The predicted octanol–water partition coefficient (Wildman–Crippen LogP) is 0.219. The molecule has 0 spiro atoms. The van der Waals surface area contributed by atoms with Gasteiger partial charge in [0.05, 0.1) is 13.2 Å². The smallest absolute Gasteiger partial charge is 0.245 e. The van der Waals surface area contributed by atoms with Gasteiger partial charge in [0, 0.05) is 17.8 Å². The zero-order valence-corrected chi connectivity index (χ0v) is 15.4. The Labute approximate surface area is 163 Å². The van der Waals surface area contributed by atoms with E-state index in [1.165, 1.54) is 0 Å². The standard InChI is InChI=1S/C20H25N5O3/c21-19(22)15-7-4-8-16(11-15)25-17(13-26)20(28)24-12-18(27)23-10-9-14-5-2-1-3-6-14/h1-8,11,17,25-26H,9-10,12-13H2,(H3,21,22)(H,23,27)(H,24,28). The number of aliphatic hydroxyl groups excluding tert-OH is 1. The molecule has 0 fully saturated rings. The number of nitrogen functional groups attached to an aromatic ring is 1. The lowest BCUT2D eigenvalue weighted by atomic mass is 10.1. The van der Waals surface area contributed by atoms with E-state index in [2.05, 4.69) is 16.0 Å². The predicted molar refractivity (Wildman–Crippen MR) is 108 cm³/mol. The van der Waals surface area contributed by atoms with Crippen molar-refractivity contribution in [1.82, 2.24) is 10.6 Å². The highest BCUT2D eigenvalue weighted by atomic mass is 16.3. The van der Waals surface area contributed by atoms with Crippen LogP contribution in [0.2, 0.25) is 0 Å². The average Bonchev–Trinajstić information content (AvgIpc) is 2.71. The second kappa shape index (κ2) is 10.7. The van der Waals surface area contributed by atoms with Gasteiger partial charge in [0.1, 0.15) is 11.9 Å². The minimum absolute atomic E-state index is 0.0965. The van der Waals surface area contributed by atoms with Gasteiger partial charge in [-0.2, -0.15) is 0 Å². The number of rotatable bonds is 10. The number of carbonyl (C=O) groups is 2. The Bertz CT molecular complexity index is 810. The summed E-state index contributed by atoms with van der Waals surface area (Å²) in [5, 5.41) is 25.0. The highest BCUT2D eigenvalue weighted by Crippen LogP contribution is 2.11. The molecule has 2 rings (SSSR count). The molecule has 2 aromatic carbocycles. The number of aliphatic hydroxyl groups is 1. The van der Waals surface area contributed by atoms with Gasteiger partial charge in [0.15, 0.2) is 0 Å². The van der Waals surface area contributed by atoms with E-state index in [9.17, 15) is 14.7 Å². The lowest BCUT2D eigenvalue weighted by Crippen LogP contribution is -2.46. The lowest BCUT2D eigenvalue weighted by Gasteiger charge is -2.17. The van der Waals surface area contributed by atoms with Crippen LogP contribution in [0.4, 0.5) is 5.69 Å². The van der Waals surface area contributed by atoms with Crippen LogP contribution in [0.5, 0.6) is 0 Å². The molecule has 0 aliphatic carbocycles. The van der Waals surface area contributed by atoms with Crippen LogP contribution in [-0.4, -0.2) is 48.5 Å². The van der Waals surface area contributed by atoms with Gasteiger partial charge in [-0.3, -0.25) is 15.0 Å². The quantitative estimate of drug-likeness (QED) is 0.257. The molecule has 8 heteroatoms. The minimum Gasteiger partial charge on any atom is -0.394 e. The molecule has 7 N–H and O–H groups in total. The first-order valence-corrected chi connectivity index (χ1v) is 8.90. The summed E-state index contributed by atoms with van der Waals surface area (Å²) in [5.74, 6) is -0.908. The molecule has 2 amide bonds. The Kier molecular flexibility index (Phi) is 7.98. The Morgan fingerprint density at radius 3 is 2.50 bits per heavy atom. The van der Waals surface area contributed by atoms with E-state index in [-0.39, 0.29) is 18.3 Å². The van der Waals surface area contributed by atoms with Gasteiger partial charge in [-0.05, 0) is 24.1 Å². The molecule has 0 aliphatic heterocycles. The van der Waals surface area contributed by atoms with Crippen LogP contribution >= 0.6 is 0 Å². The molecule has 0 heterocycles. The van der Waals surface area contributed by atoms with Crippen molar-refractivity contribution in [2.75, 3.05) is 25.0 Å². The summed E-state index contributed by atoms with van der Waals surface area (Å²) < 4.78 is 0. The maximum absolute atomic E-state index is 12.2. The van der Waals surface area contributed by atoms with E-state index < -0.39 is 18.6 Å². The summed E-state index contributed by atoms with van der Waals surface area (Å²) >= 11 is 0. The fraction of sp³-hybridized carbons (Fsp3) is 0.250. The fourth-order valence-corrected chi connectivity index (χ4v) is 2.52. The first-order valence-electron chi connectivity index (χ1n) is 8.90. The van der Waals surface area contributed by atoms with Gasteiger partial charge >= 0.3 is 0 Å². The van der Waals surface area contributed by atoms with Crippen molar-refractivity contribution in [3.63, 3.8) is 0 Å². The van der Waals surface area contributed by atoms with Crippen molar-refractivity contribution in [3.8, 4) is 0 Å². The van der Waals surface area contributed by atoms with Gasteiger partial charge in [-0.15, -0.1) is 0 Å². The van der Waals surface area contributed by atoms with Crippen LogP contribution in [0.1, 0.15) is 11.1 Å². The highest BCUT2D eigenvalue weighted by molar-refractivity contribution is 5.96. The van der Waals surface area contributed by atoms with Crippen molar-refractivity contribution < 1.29 is 14.7 Å². The summed E-state index contributed by atoms with van der Waals surface area (Å²) in [5.41, 5.74) is 7.60. The summed E-state index contributed by atoms with van der Waals surface area (Å²) in [7, 11) is 0. The third kappa shape index (κ3) is 6.73. The maximum Gasteiger partial charge on any atom is 0.245 e. The third-order valence-corrected chi connectivity index (χ3v) is 4.02. The van der Waals surface area contributed by atoms with E-state index in [0.29, 0.717) is 24.2 Å². The first kappa shape index (κ1) is 20.9. The molecule has 0 aliphatic rings. The number of anilines is 1. The zero-order chi connectivity index (χ0) is 20.4. The van der Waals surface area contributed by atoms with Crippen LogP contribution in [0.3, 0.4) is 0 Å². The first-order chi connectivity index (χ1) is 13.5. The topological polar surface area (TPSA) is 140 Å². The zero-order valence-electron chi connectivity index (χ0n) is 15.4. The average molecular weight is 383 g/mol. The Morgan fingerprint density at radius 1 is 1.07 bits per heavy atom. The SMILES string of the molecule is N=C(N)c1cccc(NC(CO)C(=O)NCC(=O)NCCc2ccccc2)c1. The van der Waals surface area contributed by atoms with E-state index >= 15 is 0 Å². The van der Waals surface area contributed by atoms with Crippen LogP contribution in [0, 0.1) is 5.41 Å². The molecule has 1 unspecified atom stereocenters. The molecule has 1 atom stereocenters. The molecule has 0 saturated heterocycles. The Morgan fingerprint density at radius 2 is 1.82 bits per heavy atom. The maximum atomic E-state index is 12.2. The highest BCUT2D eigenvalue weighted by Gasteiger charge is 2.18. The van der Waals surface area contributed by atoms with Crippen LogP contribution in [0.25, 0.3) is 0 Å². The Hall–Kier alpha value is -3.39. The van der Waals surface area contributed by atoms with Gasteiger partial charge < -0.3 is 26.8 Å². The molecular formula is C20H25N5O3. The third-order valence-electron chi connectivity index (χ3n) is 4.02. The number of nitrogens with two attached hydrogens (primary N) is 1. The van der Waals surface area contributed by atoms with Gasteiger partial charge in [0.25, 0.3) is 0 Å². The van der Waals surface area contributed by atoms with E-state index in [1.807, 2.05) is 30.3 Å². The van der Waals surface area contributed by atoms with Crippen LogP contribution < -0.4 is 21.7 Å². The van der Waals surface area contributed by atoms with Gasteiger partial charge in [-0.25, -0.2) is 0 Å². The van der Waals surface area contributed by atoms with Crippen molar-refractivity contribution in [2.24, 2.45) is 5.73 Å². The fourth-order valence-electron chi connectivity index (χ4n) is 2.52. The van der Waals surface area contributed by atoms with E-state index in [1.54, 1.807) is 24.3 Å². The summed E-state index contributed by atoms with van der Waals surface area (Å²) in [6.07, 6.45) is 0.702. The minimum atomic E-state index is -0.931.